The van der Waals surface area contributed by atoms with Crippen LogP contribution in [0.4, 0.5) is 4.79 Å². The number of amides is 3. The van der Waals surface area contributed by atoms with Gasteiger partial charge in [-0.2, -0.15) is 5.26 Å². The Hall–Kier alpha value is -2.23. The summed E-state index contributed by atoms with van der Waals surface area (Å²) >= 11 is 0. The van der Waals surface area contributed by atoms with E-state index in [4.69, 9.17) is 5.26 Å². The van der Waals surface area contributed by atoms with E-state index in [1.54, 1.807) is 7.05 Å². The quantitative estimate of drug-likeness (QED) is 0.546. The van der Waals surface area contributed by atoms with E-state index in [-0.39, 0.29) is 12.5 Å². The molecule has 118 valence electrons. The zero-order valence-corrected chi connectivity index (χ0v) is 13.4. The molecule has 0 spiro atoms. The average Bonchev–Trinajstić information content (AvgIpc) is 2.86. The fraction of sp³-hybridized carbons (Fsp3) is 0.667. The van der Waals surface area contributed by atoms with E-state index >= 15 is 0 Å². The van der Waals surface area contributed by atoms with Gasteiger partial charge in [-0.05, 0) is 17.8 Å². The third-order valence-corrected chi connectivity index (χ3v) is 3.94. The zero-order valence-electron chi connectivity index (χ0n) is 13.4. The van der Waals surface area contributed by atoms with Crippen LogP contribution in [0.2, 0.25) is 0 Å². The van der Waals surface area contributed by atoms with Crippen LogP contribution in [0, 0.1) is 11.3 Å². The SMILES string of the molecule is CCCCC1=[N+](CCC)C2C(=O)N(CC#N)C(=O)N(C)C2=N1. The molecule has 1 unspecified atom stereocenters. The maximum absolute atomic E-state index is 12.6. The molecule has 2 aliphatic rings. The van der Waals surface area contributed by atoms with Crippen molar-refractivity contribution in [3.8, 4) is 6.07 Å². The van der Waals surface area contributed by atoms with E-state index < -0.39 is 12.1 Å². The average molecular weight is 304 g/mol. The molecule has 7 heteroatoms. The highest BCUT2D eigenvalue weighted by atomic mass is 16.2. The molecular formula is C15H22N5O2+. The minimum atomic E-state index is -0.567. The summed E-state index contributed by atoms with van der Waals surface area (Å²) in [6, 6.07) is 0.840. The van der Waals surface area contributed by atoms with Crippen LogP contribution in [0.15, 0.2) is 4.99 Å². The summed E-state index contributed by atoms with van der Waals surface area (Å²) in [5, 5.41) is 8.85. The Kier molecular flexibility index (Phi) is 4.91. The predicted octanol–water partition coefficient (Wildman–Crippen LogP) is 1.20. The first-order valence-electron chi connectivity index (χ1n) is 7.73. The number of hydrogen-bond acceptors (Lipinski definition) is 4. The lowest BCUT2D eigenvalue weighted by atomic mass is 10.1. The molecule has 0 aliphatic carbocycles. The van der Waals surface area contributed by atoms with E-state index in [2.05, 4.69) is 11.9 Å². The van der Waals surface area contributed by atoms with E-state index in [1.807, 2.05) is 17.6 Å². The second kappa shape index (κ2) is 6.69. The van der Waals surface area contributed by atoms with E-state index in [0.29, 0.717) is 12.4 Å². The lowest BCUT2D eigenvalue weighted by molar-refractivity contribution is -0.536. The summed E-state index contributed by atoms with van der Waals surface area (Å²) in [6.07, 6.45) is 3.72. The second-order valence-corrected chi connectivity index (χ2v) is 5.51. The highest BCUT2D eigenvalue weighted by molar-refractivity contribution is 6.23. The third-order valence-electron chi connectivity index (χ3n) is 3.94. The molecule has 1 saturated heterocycles. The van der Waals surface area contributed by atoms with E-state index in [9.17, 15) is 9.59 Å². The number of hydrogen-bond donors (Lipinski definition) is 0. The summed E-state index contributed by atoms with van der Waals surface area (Å²) in [5.41, 5.74) is 0. The lowest BCUT2D eigenvalue weighted by Gasteiger charge is -2.31. The number of aliphatic imine (C=N–C) groups is 1. The molecule has 0 bridgehead atoms. The Labute approximate surface area is 130 Å². The van der Waals surface area contributed by atoms with Gasteiger partial charge in [-0.15, -0.1) is 0 Å². The summed E-state index contributed by atoms with van der Waals surface area (Å²) in [4.78, 5) is 31.8. The van der Waals surface area contributed by atoms with Crippen LogP contribution >= 0.6 is 0 Å². The fourth-order valence-corrected chi connectivity index (χ4v) is 2.82. The molecule has 0 N–H and O–H groups in total. The van der Waals surface area contributed by atoms with Crippen molar-refractivity contribution >= 4 is 23.6 Å². The number of urea groups is 1. The molecule has 0 radical (unpaired) electrons. The van der Waals surface area contributed by atoms with Crippen molar-refractivity contribution in [2.24, 2.45) is 4.99 Å². The molecule has 22 heavy (non-hydrogen) atoms. The minimum absolute atomic E-state index is 0.226. The van der Waals surface area contributed by atoms with Gasteiger partial charge in [0.15, 0.2) is 0 Å². The van der Waals surface area contributed by atoms with Gasteiger partial charge in [-0.3, -0.25) is 9.69 Å². The molecule has 2 rings (SSSR count). The monoisotopic (exact) mass is 304 g/mol. The third kappa shape index (κ3) is 2.61. The second-order valence-electron chi connectivity index (χ2n) is 5.51. The molecule has 1 atom stereocenters. The Morgan fingerprint density at radius 3 is 2.64 bits per heavy atom. The number of nitrogens with zero attached hydrogens (tertiary/aromatic N) is 5. The highest BCUT2D eigenvalue weighted by Gasteiger charge is 2.53. The number of fused-ring (bicyclic) bond motifs is 1. The molecule has 2 heterocycles. The first-order valence-corrected chi connectivity index (χ1v) is 7.73. The normalized spacial score (nSPS) is 21.2. The highest BCUT2D eigenvalue weighted by Crippen LogP contribution is 2.21. The molecule has 0 saturated carbocycles. The van der Waals surface area contributed by atoms with Crippen LogP contribution in [0.25, 0.3) is 0 Å². The Morgan fingerprint density at radius 2 is 2.05 bits per heavy atom. The van der Waals surface area contributed by atoms with Gasteiger partial charge in [0, 0.05) is 7.05 Å². The predicted molar refractivity (Wildman–Crippen MR) is 81.7 cm³/mol. The topological polar surface area (TPSA) is 79.8 Å². The molecule has 1 fully saturated rings. The van der Waals surface area contributed by atoms with Gasteiger partial charge in [0.2, 0.25) is 0 Å². The molecule has 0 aromatic carbocycles. The number of nitriles is 1. The fourth-order valence-electron chi connectivity index (χ4n) is 2.82. The number of carbonyl (C=O) groups is 2. The Morgan fingerprint density at radius 1 is 1.32 bits per heavy atom. The number of carbonyl (C=O) groups excluding carboxylic acids is 2. The number of unbranched alkanes of at least 4 members (excludes halogenated alkanes) is 1. The summed E-state index contributed by atoms with van der Waals surface area (Å²) in [5.74, 6) is 1.02. The van der Waals surface area contributed by atoms with Crippen molar-refractivity contribution in [3.63, 3.8) is 0 Å². The summed E-state index contributed by atoms with van der Waals surface area (Å²) < 4.78 is 1.99. The standard InChI is InChI=1S/C15H22N5O2/c1-4-6-7-11-17-13-12(19(11)9-5-2)14(21)20(10-8-16)15(22)18(13)3/h12H,4-7,9-10H2,1-3H3/q+1. The van der Waals surface area contributed by atoms with Gasteiger partial charge < -0.3 is 0 Å². The first-order chi connectivity index (χ1) is 10.6. The first kappa shape index (κ1) is 16.1. The maximum Gasteiger partial charge on any atom is 0.334 e. The van der Waals surface area contributed by atoms with Gasteiger partial charge in [0.1, 0.15) is 6.54 Å². The van der Waals surface area contributed by atoms with Gasteiger partial charge in [0.25, 0.3) is 23.6 Å². The van der Waals surface area contributed by atoms with Crippen LogP contribution in [-0.2, 0) is 4.79 Å². The van der Waals surface area contributed by atoms with Gasteiger partial charge in [0.05, 0.1) is 19.0 Å². The van der Waals surface area contributed by atoms with E-state index in [0.717, 1.165) is 36.4 Å². The van der Waals surface area contributed by atoms with Crippen molar-refractivity contribution in [1.29, 1.82) is 5.26 Å². The van der Waals surface area contributed by atoms with Crippen molar-refractivity contribution in [2.75, 3.05) is 20.1 Å². The molecule has 3 amide bonds. The number of amidine groups is 2. The van der Waals surface area contributed by atoms with Crippen LogP contribution in [0.5, 0.6) is 0 Å². The Balaban J connectivity index is 2.40. The zero-order chi connectivity index (χ0) is 16.3. The van der Waals surface area contributed by atoms with Gasteiger partial charge >= 0.3 is 6.03 Å². The van der Waals surface area contributed by atoms with Gasteiger partial charge in [-0.25, -0.2) is 14.3 Å². The summed E-state index contributed by atoms with van der Waals surface area (Å²) in [7, 11) is 1.61. The Bertz CT molecular complexity index is 587. The van der Waals surface area contributed by atoms with Crippen molar-refractivity contribution < 1.29 is 14.2 Å². The number of likely N-dealkylation sites (N-methyl/N-ethyl adjacent to an activating group) is 1. The van der Waals surface area contributed by atoms with Gasteiger partial charge in [-0.1, -0.05) is 20.3 Å². The molecule has 2 aliphatic heterocycles. The minimum Gasteiger partial charge on any atom is -0.269 e. The molecular weight excluding hydrogens is 282 g/mol. The van der Waals surface area contributed by atoms with Crippen molar-refractivity contribution in [2.45, 2.75) is 45.6 Å². The number of rotatable bonds is 6. The van der Waals surface area contributed by atoms with E-state index in [1.165, 1.54) is 4.90 Å². The number of imide groups is 1. The van der Waals surface area contributed by atoms with Crippen LogP contribution < -0.4 is 0 Å². The van der Waals surface area contributed by atoms with Crippen molar-refractivity contribution in [1.82, 2.24) is 9.80 Å². The molecule has 0 aromatic rings. The van der Waals surface area contributed by atoms with Crippen molar-refractivity contribution in [3.05, 3.63) is 0 Å². The molecule has 0 aromatic heterocycles. The maximum atomic E-state index is 12.6. The summed E-state index contributed by atoms with van der Waals surface area (Å²) in [6.45, 7) is 4.64. The smallest absolute Gasteiger partial charge is 0.269 e. The largest absolute Gasteiger partial charge is 0.334 e. The lowest BCUT2D eigenvalue weighted by Crippen LogP contribution is -2.62. The van der Waals surface area contributed by atoms with Crippen LogP contribution in [-0.4, -0.2) is 64.2 Å². The van der Waals surface area contributed by atoms with Crippen LogP contribution in [0.1, 0.15) is 39.5 Å². The van der Waals surface area contributed by atoms with Crippen LogP contribution in [0.3, 0.4) is 0 Å². The molecule has 7 nitrogen and oxygen atoms in total.